The van der Waals surface area contributed by atoms with Gasteiger partial charge in [0, 0.05) is 23.0 Å². The van der Waals surface area contributed by atoms with Crippen molar-refractivity contribution in [1.29, 1.82) is 0 Å². The first-order valence-corrected chi connectivity index (χ1v) is 10.4. The third-order valence-electron chi connectivity index (χ3n) is 5.68. The predicted molar refractivity (Wildman–Crippen MR) is 119 cm³/mol. The van der Waals surface area contributed by atoms with E-state index in [1.165, 1.54) is 53.0 Å². The minimum absolute atomic E-state index is 0.405. The minimum atomic E-state index is 0.405. The van der Waals surface area contributed by atoms with Gasteiger partial charge in [-0.05, 0) is 62.4 Å². The molecule has 0 saturated carbocycles. The van der Waals surface area contributed by atoms with Crippen LogP contribution in [0.1, 0.15) is 51.7 Å². The summed E-state index contributed by atoms with van der Waals surface area (Å²) in [7, 11) is 0. The van der Waals surface area contributed by atoms with E-state index in [-0.39, 0.29) is 0 Å². The van der Waals surface area contributed by atoms with Crippen LogP contribution in [0.3, 0.4) is 0 Å². The SMILES string of the molecule is CCCCc1ccc(N(C2=CC(C)C(C)=CC2C)c2ccc(C)cc2)cc1. The van der Waals surface area contributed by atoms with Gasteiger partial charge in [0.15, 0.2) is 0 Å². The highest BCUT2D eigenvalue weighted by Gasteiger charge is 2.23. The van der Waals surface area contributed by atoms with Crippen LogP contribution >= 0.6 is 0 Å². The molecule has 0 bridgehead atoms. The first-order valence-electron chi connectivity index (χ1n) is 10.4. The van der Waals surface area contributed by atoms with Gasteiger partial charge >= 0.3 is 0 Å². The average Bonchev–Trinajstić information content (AvgIpc) is 2.67. The fraction of sp³-hybridized carbons (Fsp3) is 0.385. The third kappa shape index (κ3) is 4.53. The lowest BCUT2D eigenvalue weighted by Crippen LogP contribution is -2.24. The summed E-state index contributed by atoms with van der Waals surface area (Å²) in [6.45, 7) is 11.2. The van der Waals surface area contributed by atoms with Crippen LogP contribution in [-0.2, 0) is 6.42 Å². The van der Waals surface area contributed by atoms with Crippen LogP contribution < -0.4 is 4.90 Å². The number of hydrogen-bond donors (Lipinski definition) is 0. The van der Waals surface area contributed by atoms with E-state index in [1.807, 2.05) is 0 Å². The summed E-state index contributed by atoms with van der Waals surface area (Å²) in [5.41, 5.74) is 8.04. The van der Waals surface area contributed by atoms with E-state index < -0.39 is 0 Å². The maximum atomic E-state index is 2.44. The molecule has 2 aromatic rings. The van der Waals surface area contributed by atoms with Crippen LogP contribution in [0.4, 0.5) is 11.4 Å². The van der Waals surface area contributed by atoms with Crippen molar-refractivity contribution in [1.82, 2.24) is 0 Å². The number of rotatable bonds is 6. The number of aryl methyl sites for hydroxylation is 2. The zero-order valence-electron chi connectivity index (χ0n) is 17.5. The van der Waals surface area contributed by atoms with Gasteiger partial charge in [0.25, 0.3) is 0 Å². The van der Waals surface area contributed by atoms with Crippen LogP contribution in [0, 0.1) is 18.8 Å². The molecule has 27 heavy (non-hydrogen) atoms. The molecule has 2 atom stereocenters. The second kappa shape index (κ2) is 8.61. The average molecular weight is 360 g/mol. The molecule has 0 fully saturated rings. The van der Waals surface area contributed by atoms with Gasteiger partial charge in [-0.3, -0.25) is 0 Å². The summed E-state index contributed by atoms with van der Waals surface area (Å²) in [4.78, 5) is 2.44. The molecular formula is C26H33N. The number of anilines is 2. The summed E-state index contributed by atoms with van der Waals surface area (Å²) in [5, 5.41) is 0. The smallest absolute Gasteiger partial charge is 0.0458 e. The number of unbranched alkanes of at least 4 members (excludes halogenated alkanes) is 1. The van der Waals surface area contributed by atoms with Crippen molar-refractivity contribution >= 4 is 11.4 Å². The topological polar surface area (TPSA) is 3.24 Å². The second-order valence-electron chi connectivity index (χ2n) is 8.02. The predicted octanol–water partition coefficient (Wildman–Crippen LogP) is 7.59. The minimum Gasteiger partial charge on any atom is -0.314 e. The Labute approximate surface area is 165 Å². The van der Waals surface area contributed by atoms with Gasteiger partial charge in [-0.2, -0.15) is 0 Å². The lowest BCUT2D eigenvalue weighted by molar-refractivity contribution is 0.719. The van der Waals surface area contributed by atoms with Crippen LogP contribution in [0.15, 0.2) is 72.0 Å². The van der Waals surface area contributed by atoms with E-state index >= 15 is 0 Å². The number of allylic oxidation sites excluding steroid dienone is 3. The van der Waals surface area contributed by atoms with Gasteiger partial charge in [-0.1, -0.05) is 74.7 Å². The molecule has 0 heterocycles. The molecule has 0 aromatic heterocycles. The zero-order valence-corrected chi connectivity index (χ0v) is 17.5. The fourth-order valence-corrected chi connectivity index (χ4v) is 3.78. The molecule has 2 aromatic carbocycles. The number of benzene rings is 2. The molecule has 142 valence electrons. The summed E-state index contributed by atoms with van der Waals surface area (Å²) in [6, 6.07) is 18.1. The van der Waals surface area contributed by atoms with Crippen molar-refractivity contribution < 1.29 is 0 Å². The van der Waals surface area contributed by atoms with E-state index in [1.54, 1.807) is 0 Å². The van der Waals surface area contributed by atoms with Gasteiger partial charge in [0.1, 0.15) is 0 Å². The largest absolute Gasteiger partial charge is 0.314 e. The van der Waals surface area contributed by atoms with Crippen molar-refractivity contribution in [3.63, 3.8) is 0 Å². The van der Waals surface area contributed by atoms with Crippen molar-refractivity contribution in [2.24, 2.45) is 11.8 Å². The molecular weight excluding hydrogens is 326 g/mol. The highest BCUT2D eigenvalue weighted by molar-refractivity contribution is 5.69. The second-order valence-corrected chi connectivity index (χ2v) is 8.02. The van der Waals surface area contributed by atoms with Crippen LogP contribution in [-0.4, -0.2) is 0 Å². The molecule has 0 saturated heterocycles. The first-order chi connectivity index (χ1) is 13.0. The molecule has 0 N–H and O–H groups in total. The Bertz CT molecular complexity index is 808. The molecule has 0 radical (unpaired) electrons. The zero-order chi connectivity index (χ0) is 19.4. The van der Waals surface area contributed by atoms with Crippen molar-refractivity contribution in [2.75, 3.05) is 4.90 Å². The third-order valence-corrected chi connectivity index (χ3v) is 5.68. The molecule has 0 aliphatic heterocycles. The number of hydrogen-bond acceptors (Lipinski definition) is 1. The van der Waals surface area contributed by atoms with E-state index in [2.05, 4.69) is 100 Å². The quantitative estimate of drug-likeness (QED) is 0.480. The van der Waals surface area contributed by atoms with Gasteiger partial charge < -0.3 is 4.90 Å². The summed E-state index contributed by atoms with van der Waals surface area (Å²) >= 11 is 0. The Balaban J connectivity index is 2.00. The number of nitrogens with zero attached hydrogens (tertiary/aromatic N) is 1. The van der Waals surface area contributed by atoms with E-state index in [9.17, 15) is 0 Å². The van der Waals surface area contributed by atoms with Gasteiger partial charge in [0.2, 0.25) is 0 Å². The maximum Gasteiger partial charge on any atom is 0.0458 e. The van der Waals surface area contributed by atoms with Crippen molar-refractivity contribution in [2.45, 2.75) is 53.9 Å². The van der Waals surface area contributed by atoms with Crippen LogP contribution in [0.5, 0.6) is 0 Å². The van der Waals surface area contributed by atoms with E-state index in [4.69, 9.17) is 0 Å². The fourth-order valence-electron chi connectivity index (χ4n) is 3.78. The van der Waals surface area contributed by atoms with Gasteiger partial charge in [-0.25, -0.2) is 0 Å². The van der Waals surface area contributed by atoms with Crippen LogP contribution in [0.25, 0.3) is 0 Å². The molecule has 1 nitrogen and oxygen atoms in total. The standard InChI is InChI=1S/C26H33N/c1-6-7-8-23-11-15-25(16-12-23)27(24-13-9-19(2)10-14-24)26-18-21(4)20(3)17-22(26)5/h9-18,21-22H,6-8H2,1-5H3. The maximum absolute atomic E-state index is 2.44. The van der Waals surface area contributed by atoms with E-state index in [0.717, 1.165) is 0 Å². The molecule has 1 aliphatic rings. The molecule has 0 amide bonds. The van der Waals surface area contributed by atoms with Crippen molar-refractivity contribution in [3.05, 3.63) is 83.1 Å². The molecule has 2 unspecified atom stereocenters. The summed E-state index contributed by atoms with van der Waals surface area (Å²) in [5.74, 6) is 0.884. The summed E-state index contributed by atoms with van der Waals surface area (Å²) in [6.07, 6.45) is 8.51. The molecule has 3 rings (SSSR count). The Morgan fingerprint density at radius 1 is 0.778 bits per heavy atom. The molecule has 1 aliphatic carbocycles. The van der Waals surface area contributed by atoms with Crippen molar-refractivity contribution in [3.8, 4) is 0 Å². The molecule has 0 spiro atoms. The monoisotopic (exact) mass is 359 g/mol. The Morgan fingerprint density at radius 2 is 1.37 bits per heavy atom. The van der Waals surface area contributed by atoms with Gasteiger partial charge in [-0.15, -0.1) is 0 Å². The first kappa shape index (κ1) is 19.5. The Morgan fingerprint density at radius 3 is 1.96 bits per heavy atom. The highest BCUT2D eigenvalue weighted by atomic mass is 15.2. The lowest BCUT2D eigenvalue weighted by Gasteiger charge is -2.34. The van der Waals surface area contributed by atoms with Crippen LogP contribution in [0.2, 0.25) is 0 Å². The summed E-state index contributed by atoms with van der Waals surface area (Å²) < 4.78 is 0. The normalized spacial score (nSPS) is 19.4. The lowest BCUT2D eigenvalue weighted by atomic mass is 9.88. The highest BCUT2D eigenvalue weighted by Crippen LogP contribution is 2.37. The Hall–Kier alpha value is -2.28. The van der Waals surface area contributed by atoms with E-state index in [0.29, 0.717) is 11.8 Å². The van der Waals surface area contributed by atoms with Gasteiger partial charge in [0.05, 0.1) is 0 Å². The molecule has 1 heteroatoms. The Kier molecular flexibility index (Phi) is 6.21.